The summed E-state index contributed by atoms with van der Waals surface area (Å²) in [7, 11) is 0. The number of nitrogens with zero attached hydrogens (tertiary/aromatic N) is 4. The van der Waals surface area contributed by atoms with E-state index in [1.165, 1.54) is 5.56 Å². The number of hydrogen-bond donors (Lipinski definition) is 1. The molecule has 1 saturated carbocycles. The molecule has 0 saturated heterocycles. The molecule has 0 spiro atoms. The van der Waals surface area contributed by atoms with E-state index in [9.17, 15) is 4.79 Å². The Kier molecular flexibility index (Phi) is 5.50. The molecule has 0 bridgehead atoms. The minimum absolute atomic E-state index is 0.0125. The molecule has 0 amide bonds. The molecular weight excluding hydrogens is 370 g/mol. The highest BCUT2D eigenvalue weighted by molar-refractivity contribution is 5.59. The first-order valence-electron chi connectivity index (χ1n) is 9.72. The second-order valence-corrected chi connectivity index (χ2v) is 7.68. The van der Waals surface area contributed by atoms with Crippen LogP contribution in [0, 0.1) is 5.92 Å². The summed E-state index contributed by atoms with van der Waals surface area (Å²) in [6, 6.07) is 8.39. The van der Waals surface area contributed by atoms with Crippen molar-refractivity contribution in [1.82, 2.24) is 20.1 Å². The van der Waals surface area contributed by atoms with Crippen molar-refractivity contribution in [2.75, 3.05) is 5.32 Å². The fraction of sp³-hybridized carbons (Fsp3) is 0.381. The zero-order valence-corrected chi connectivity index (χ0v) is 16.4. The predicted molar refractivity (Wildman–Crippen MR) is 107 cm³/mol. The van der Waals surface area contributed by atoms with Crippen LogP contribution in [0.4, 0.5) is 5.95 Å². The number of aromatic nitrogens is 4. The average molecular weight is 393 g/mol. The molecule has 1 aliphatic carbocycles. The molecule has 2 heterocycles. The van der Waals surface area contributed by atoms with Crippen LogP contribution in [0.5, 0.6) is 0 Å². The van der Waals surface area contributed by atoms with Gasteiger partial charge in [0, 0.05) is 36.8 Å². The van der Waals surface area contributed by atoms with Crippen molar-refractivity contribution in [1.29, 1.82) is 0 Å². The maximum absolute atomic E-state index is 10.3. The van der Waals surface area contributed by atoms with E-state index in [1.807, 2.05) is 12.1 Å². The molecule has 0 atom stereocenters. The Morgan fingerprint density at radius 2 is 1.90 bits per heavy atom. The molecule has 1 aromatic carbocycles. The van der Waals surface area contributed by atoms with E-state index >= 15 is 0 Å². The summed E-state index contributed by atoms with van der Waals surface area (Å²) in [6.07, 6.45) is 5.86. The number of rotatable bonds is 8. The van der Waals surface area contributed by atoms with Crippen molar-refractivity contribution in [3.63, 3.8) is 0 Å². The molecule has 0 radical (unpaired) electrons. The van der Waals surface area contributed by atoms with Crippen molar-refractivity contribution in [3.05, 3.63) is 42.2 Å². The van der Waals surface area contributed by atoms with Crippen molar-refractivity contribution in [2.45, 2.75) is 45.3 Å². The molecule has 1 N–H and O–H groups in total. The Balaban J connectivity index is 1.38. The second-order valence-electron chi connectivity index (χ2n) is 7.68. The van der Waals surface area contributed by atoms with Gasteiger partial charge in [-0.15, -0.1) is 0 Å². The van der Waals surface area contributed by atoms with E-state index in [-0.39, 0.29) is 12.1 Å². The Labute approximate surface area is 168 Å². The number of carbonyl (C=O) groups excluding carboxylic acids is 1. The number of nitrogens with one attached hydrogen (secondary N) is 1. The number of carbonyl (C=O) groups is 1. The molecule has 150 valence electrons. The lowest BCUT2D eigenvalue weighted by atomic mass is 9.89. The highest BCUT2D eigenvalue weighted by Crippen LogP contribution is 2.26. The van der Waals surface area contributed by atoms with Crippen LogP contribution in [0.15, 0.2) is 41.2 Å². The van der Waals surface area contributed by atoms with Crippen LogP contribution in [-0.2, 0) is 16.0 Å². The van der Waals surface area contributed by atoms with Gasteiger partial charge in [0.1, 0.15) is 6.10 Å². The molecule has 2 aromatic heterocycles. The first-order valence-corrected chi connectivity index (χ1v) is 9.72. The van der Waals surface area contributed by atoms with Crippen molar-refractivity contribution in [3.8, 4) is 22.8 Å². The highest BCUT2D eigenvalue weighted by Gasteiger charge is 2.30. The van der Waals surface area contributed by atoms with Crippen molar-refractivity contribution in [2.24, 2.45) is 5.92 Å². The smallest absolute Gasteiger partial charge is 0.293 e. The SMILES string of the molecule is CC(C)Cc1ccc(-c2nc(-c3cnc(NC4CC(OC=O)C4)nc3)no2)cc1. The Morgan fingerprint density at radius 3 is 2.55 bits per heavy atom. The van der Waals surface area contributed by atoms with Gasteiger partial charge in [0.05, 0.1) is 5.56 Å². The van der Waals surface area contributed by atoms with E-state index in [1.54, 1.807) is 12.4 Å². The van der Waals surface area contributed by atoms with Gasteiger partial charge in [-0.25, -0.2) is 9.97 Å². The van der Waals surface area contributed by atoms with Gasteiger partial charge in [0.2, 0.25) is 11.8 Å². The lowest BCUT2D eigenvalue weighted by molar-refractivity contribution is -0.137. The van der Waals surface area contributed by atoms with Crippen molar-refractivity contribution < 1.29 is 14.1 Å². The van der Waals surface area contributed by atoms with Gasteiger partial charge in [-0.2, -0.15) is 4.98 Å². The number of benzene rings is 1. The van der Waals surface area contributed by atoms with E-state index in [0.717, 1.165) is 24.8 Å². The van der Waals surface area contributed by atoms with Gasteiger partial charge in [-0.3, -0.25) is 4.79 Å². The standard InChI is InChI=1S/C21H23N5O3/c1-13(2)7-14-3-5-15(6-4-14)20-25-19(26-29-20)16-10-22-21(23-11-16)24-17-8-18(9-17)28-12-27/h3-6,10-13,17-18H,7-9H2,1-2H3,(H,22,23,24). The Bertz CT molecular complexity index is 947. The van der Waals surface area contributed by atoms with Gasteiger partial charge < -0.3 is 14.6 Å². The third-order valence-corrected chi connectivity index (χ3v) is 4.86. The Morgan fingerprint density at radius 1 is 1.17 bits per heavy atom. The molecule has 3 aromatic rings. The maximum atomic E-state index is 10.3. The fourth-order valence-electron chi connectivity index (χ4n) is 3.29. The minimum atomic E-state index is -0.0125. The third kappa shape index (κ3) is 4.59. The van der Waals surface area contributed by atoms with Crippen LogP contribution in [0.1, 0.15) is 32.3 Å². The lowest BCUT2D eigenvalue weighted by Gasteiger charge is -2.33. The van der Waals surface area contributed by atoms with Crippen LogP contribution >= 0.6 is 0 Å². The van der Waals surface area contributed by atoms with Crippen LogP contribution in [-0.4, -0.2) is 38.7 Å². The summed E-state index contributed by atoms with van der Waals surface area (Å²) in [6.45, 7) is 4.89. The van der Waals surface area contributed by atoms with Crippen LogP contribution in [0.2, 0.25) is 0 Å². The summed E-state index contributed by atoms with van der Waals surface area (Å²) in [4.78, 5) is 23.4. The summed E-state index contributed by atoms with van der Waals surface area (Å²) in [5, 5.41) is 7.26. The first kappa shape index (κ1) is 19.0. The van der Waals surface area contributed by atoms with Crippen LogP contribution < -0.4 is 5.32 Å². The number of anilines is 1. The molecule has 29 heavy (non-hydrogen) atoms. The molecule has 1 fully saturated rings. The maximum Gasteiger partial charge on any atom is 0.293 e. The summed E-state index contributed by atoms with van der Waals surface area (Å²) >= 11 is 0. The highest BCUT2D eigenvalue weighted by atomic mass is 16.5. The molecule has 1 aliphatic rings. The molecule has 8 nitrogen and oxygen atoms in total. The van der Waals surface area contributed by atoms with Gasteiger partial charge >= 0.3 is 0 Å². The summed E-state index contributed by atoms with van der Waals surface area (Å²) in [5.41, 5.74) is 2.85. The minimum Gasteiger partial charge on any atom is -0.464 e. The largest absolute Gasteiger partial charge is 0.464 e. The van der Waals surface area contributed by atoms with Gasteiger partial charge in [-0.1, -0.05) is 31.1 Å². The predicted octanol–water partition coefficient (Wildman–Crippen LogP) is 3.51. The quantitative estimate of drug-likeness (QED) is 0.580. The summed E-state index contributed by atoms with van der Waals surface area (Å²) < 4.78 is 10.3. The number of ether oxygens (including phenoxy) is 1. The van der Waals surface area contributed by atoms with Crippen LogP contribution in [0.3, 0.4) is 0 Å². The lowest BCUT2D eigenvalue weighted by Crippen LogP contribution is -2.41. The average Bonchev–Trinajstić information content (AvgIpc) is 3.17. The third-order valence-electron chi connectivity index (χ3n) is 4.86. The molecular formula is C21H23N5O3. The van der Waals surface area contributed by atoms with Crippen LogP contribution in [0.25, 0.3) is 22.8 Å². The first-order chi connectivity index (χ1) is 14.1. The van der Waals surface area contributed by atoms with E-state index in [4.69, 9.17) is 9.26 Å². The Hall–Kier alpha value is -3.29. The molecule has 0 aliphatic heterocycles. The van der Waals surface area contributed by atoms with E-state index < -0.39 is 0 Å². The zero-order chi connectivity index (χ0) is 20.2. The normalized spacial score (nSPS) is 18.3. The summed E-state index contributed by atoms with van der Waals surface area (Å²) in [5.74, 6) is 2.05. The van der Waals surface area contributed by atoms with E-state index in [0.29, 0.717) is 35.6 Å². The topological polar surface area (TPSA) is 103 Å². The second kappa shape index (κ2) is 8.38. The van der Waals surface area contributed by atoms with Crippen molar-refractivity contribution >= 4 is 12.4 Å². The monoisotopic (exact) mass is 393 g/mol. The number of hydrogen-bond acceptors (Lipinski definition) is 8. The van der Waals surface area contributed by atoms with E-state index in [2.05, 4.69) is 51.4 Å². The van der Waals surface area contributed by atoms with Gasteiger partial charge in [0.25, 0.3) is 12.4 Å². The molecule has 0 unspecified atom stereocenters. The molecule has 4 rings (SSSR count). The zero-order valence-electron chi connectivity index (χ0n) is 16.4. The van der Waals surface area contributed by atoms with Gasteiger partial charge in [0.15, 0.2) is 0 Å². The van der Waals surface area contributed by atoms with Gasteiger partial charge in [-0.05, 0) is 30.0 Å². The fourth-order valence-corrected chi connectivity index (χ4v) is 3.29. The molecule has 8 heteroatoms.